The van der Waals surface area contributed by atoms with Crippen molar-refractivity contribution >= 4 is 17.9 Å². The molecule has 0 bridgehead atoms. The predicted molar refractivity (Wildman–Crippen MR) is 92.3 cm³/mol. The van der Waals surface area contributed by atoms with Crippen molar-refractivity contribution in [3.05, 3.63) is 12.0 Å². The van der Waals surface area contributed by atoms with E-state index in [0.717, 1.165) is 12.7 Å². The predicted octanol–water partition coefficient (Wildman–Crippen LogP) is 3.45. The van der Waals surface area contributed by atoms with Gasteiger partial charge in [-0.15, -0.1) is 12.8 Å². The number of rotatable bonds is 4. The molecule has 0 aromatic carbocycles. The van der Waals surface area contributed by atoms with E-state index >= 15 is 0 Å². The van der Waals surface area contributed by atoms with Crippen molar-refractivity contribution in [3.63, 3.8) is 0 Å². The normalized spacial score (nSPS) is 20.8. The number of nitrogens with one attached hydrogen (secondary N) is 1. The van der Waals surface area contributed by atoms with Gasteiger partial charge in [-0.2, -0.15) is 4.98 Å². The van der Waals surface area contributed by atoms with Crippen molar-refractivity contribution in [1.29, 1.82) is 0 Å². The number of cyclic esters (lactones) is 1. The summed E-state index contributed by atoms with van der Waals surface area (Å²) >= 11 is 0. The highest BCUT2D eigenvalue weighted by atomic mass is 19.1. The quantitative estimate of drug-likeness (QED) is 0.853. The summed E-state index contributed by atoms with van der Waals surface area (Å²) in [4.78, 5) is 21.6. The van der Waals surface area contributed by atoms with Crippen LogP contribution in [0.4, 0.5) is 21.0 Å². The molecule has 6 nitrogen and oxygen atoms in total. The van der Waals surface area contributed by atoms with Gasteiger partial charge in [0.15, 0.2) is 11.6 Å². The fourth-order valence-corrected chi connectivity index (χ4v) is 2.40. The SMILES string of the molecule is C#C.CC1(C)OC(=O)N(c2nc(NCC3CC3)ncc2F)C1(C)C.[HH]. The van der Waals surface area contributed by atoms with E-state index in [-0.39, 0.29) is 7.24 Å². The number of hydrogen-bond donors (Lipinski definition) is 1. The van der Waals surface area contributed by atoms with E-state index in [1.807, 2.05) is 13.8 Å². The third-order valence-corrected chi connectivity index (χ3v) is 4.74. The fourth-order valence-electron chi connectivity index (χ4n) is 2.40. The van der Waals surface area contributed by atoms with E-state index in [1.54, 1.807) is 13.8 Å². The number of anilines is 2. The monoisotopic (exact) mass is 336 g/mol. The van der Waals surface area contributed by atoms with Crippen LogP contribution in [0.2, 0.25) is 0 Å². The highest BCUT2D eigenvalue weighted by molar-refractivity contribution is 5.91. The van der Waals surface area contributed by atoms with Gasteiger partial charge in [-0.1, -0.05) is 0 Å². The Balaban J connectivity index is 0.00000101. The van der Waals surface area contributed by atoms with Gasteiger partial charge >= 0.3 is 6.09 Å². The lowest BCUT2D eigenvalue weighted by Crippen LogP contribution is -2.51. The summed E-state index contributed by atoms with van der Waals surface area (Å²) < 4.78 is 19.6. The van der Waals surface area contributed by atoms with Crippen LogP contribution in [0.3, 0.4) is 0 Å². The summed E-state index contributed by atoms with van der Waals surface area (Å²) in [5.74, 6) is 0.286. The van der Waals surface area contributed by atoms with Gasteiger partial charge in [-0.25, -0.2) is 19.1 Å². The molecular weight excluding hydrogens is 311 g/mol. The first-order valence-corrected chi connectivity index (χ1v) is 7.85. The third-order valence-electron chi connectivity index (χ3n) is 4.74. The molecule has 1 N–H and O–H groups in total. The van der Waals surface area contributed by atoms with Crippen LogP contribution in [0.1, 0.15) is 42.0 Å². The zero-order valence-corrected chi connectivity index (χ0v) is 14.5. The molecule has 0 atom stereocenters. The van der Waals surface area contributed by atoms with Gasteiger partial charge in [-0.3, -0.25) is 0 Å². The molecule has 24 heavy (non-hydrogen) atoms. The summed E-state index contributed by atoms with van der Waals surface area (Å²) in [7, 11) is 0. The van der Waals surface area contributed by atoms with Crippen molar-refractivity contribution < 1.29 is 15.3 Å². The number of carbonyl (C=O) groups is 1. The molecule has 1 aliphatic carbocycles. The van der Waals surface area contributed by atoms with Crippen LogP contribution in [-0.4, -0.2) is 33.7 Å². The number of carbonyl (C=O) groups excluding carboxylic acids is 1. The summed E-state index contributed by atoms with van der Waals surface area (Å²) in [6, 6.07) is 0. The number of hydrogen-bond acceptors (Lipinski definition) is 5. The van der Waals surface area contributed by atoms with Crippen LogP contribution in [0.25, 0.3) is 0 Å². The van der Waals surface area contributed by atoms with Crippen molar-refractivity contribution in [3.8, 4) is 12.8 Å². The molecule has 2 heterocycles. The number of aromatic nitrogens is 2. The molecule has 0 spiro atoms. The number of ether oxygens (including phenoxy) is 1. The summed E-state index contributed by atoms with van der Waals surface area (Å²) in [5, 5.41) is 3.09. The fraction of sp³-hybridized carbons (Fsp3) is 0.588. The number of amides is 1. The van der Waals surface area contributed by atoms with E-state index in [2.05, 4.69) is 28.1 Å². The third kappa shape index (κ3) is 3.14. The zero-order chi connectivity index (χ0) is 18.1. The van der Waals surface area contributed by atoms with Crippen molar-refractivity contribution in [2.24, 2.45) is 5.92 Å². The maximum Gasteiger partial charge on any atom is 0.416 e. The molecule has 2 fully saturated rings. The number of nitrogens with zero attached hydrogens (tertiary/aromatic N) is 3. The topological polar surface area (TPSA) is 67.3 Å². The summed E-state index contributed by atoms with van der Waals surface area (Å²) in [6.07, 6.45) is 10.9. The van der Waals surface area contributed by atoms with Gasteiger partial charge in [0.2, 0.25) is 5.95 Å². The lowest BCUT2D eigenvalue weighted by molar-refractivity contribution is 0.0458. The van der Waals surface area contributed by atoms with Gasteiger partial charge in [-0.05, 0) is 46.5 Å². The molecule has 1 aliphatic heterocycles. The highest BCUT2D eigenvalue weighted by Crippen LogP contribution is 2.41. The second kappa shape index (κ2) is 6.27. The second-order valence-corrected chi connectivity index (χ2v) is 6.96. The number of terminal acetylenes is 1. The number of halogens is 1. The van der Waals surface area contributed by atoms with Crippen LogP contribution < -0.4 is 10.2 Å². The average molecular weight is 336 g/mol. The first-order chi connectivity index (χ1) is 11.2. The highest BCUT2D eigenvalue weighted by Gasteiger charge is 2.56. The van der Waals surface area contributed by atoms with Crippen LogP contribution in [0.15, 0.2) is 6.20 Å². The average Bonchev–Trinajstić information content (AvgIpc) is 3.30. The summed E-state index contributed by atoms with van der Waals surface area (Å²) in [6.45, 7) is 8.03. The smallest absolute Gasteiger partial charge is 0.416 e. The van der Waals surface area contributed by atoms with Crippen LogP contribution in [0.5, 0.6) is 0 Å². The maximum atomic E-state index is 14.2. The standard InChI is InChI=1S/C15H21FN4O2.C2H2.H2/c1-14(2)15(3,4)22-13(21)20(14)11-10(16)8-18-12(19-11)17-7-9-5-6-9;1-2;/h8-9H,5-7H2,1-4H3,(H,17,18,19);1-2H;1H. The summed E-state index contributed by atoms with van der Waals surface area (Å²) in [5.41, 5.74) is -1.48. The minimum absolute atomic E-state index is 0. The van der Waals surface area contributed by atoms with E-state index < -0.39 is 23.1 Å². The molecule has 132 valence electrons. The molecule has 2 aliphatic rings. The molecule has 3 rings (SSSR count). The van der Waals surface area contributed by atoms with Gasteiger partial charge < -0.3 is 10.1 Å². The Morgan fingerprint density at radius 1 is 1.42 bits per heavy atom. The van der Waals surface area contributed by atoms with Gasteiger partial charge in [0, 0.05) is 7.97 Å². The van der Waals surface area contributed by atoms with Crippen molar-refractivity contribution in [2.45, 2.75) is 51.7 Å². The van der Waals surface area contributed by atoms with E-state index in [1.165, 1.54) is 17.7 Å². The lowest BCUT2D eigenvalue weighted by atomic mass is 9.85. The molecular formula is C17H25FN4O2. The maximum absolute atomic E-state index is 14.2. The Morgan fingerprint density at radius 3 is 2.54 bits per heavy atom. The van der Waals surface area contributed by atoms with Crippen LogP contribution in [0, 0.1) is 24.6 Å². The molecule has 7 heteroatoms. The molecule has 0 radical (unpaired) electrons. The van der Waals surface area contributed by atoms with Gasteiger partial charge in [0.25, 0.3) is 0 Å². The second-order valence-electron chi connectivity index (χ2n) is 6.96. The Labute approximate surface area is 143 Å². The molecule has 1 saturated carbocycles. The molecule has 1 aromatic rings. The van der Waals surface area contributed by atoms with Crippen molar-refractivity contribution in [2.75, 3.05) is 16.8 Å². The van der Waals surface area contributed by atoms with Crippen molar-refractivity contribution in [1.82, 2.24) is 9.97 Å². The Bertz CT molecular complexity index is 659. The van der Waals surface area contributed by atoms with Crippen LogP contribution >= 0.6 is 0 Å². The van der Waals surface area contributed by atoms with Gasteiger partial charge in [0.1, 0.15) is 5.60 Å². The molecule has 1 amide bonds. The molecule has 0 unspecified atom stereocenters. The van der Waals surface area contributed by atoms with Crippen LogP contribution in [-0.2, 0) is 4.74 Å². The minimum atomic E-state index is -0.747. The Hall–Kier alpha value is -2.36. The minimum Gasteiger partial charge on any atom is -0.441 e. The van der Waals surface area contributed by atoms with Gasteiger partial charge in [0.05, 0.1) is 11.7 Å². The zero-order valence-electron chi connectivity index (χ0n) is 14.5. The first kappa shape index (κ1) is 18.0. The Morgan fingerprint density at radius 2 is 2.04 bits per heavy atom. The van der Waals surface area contributed by atoms with E-state index in [4.69, 9.17) is 4.74 Å². The first-order valence-electron chi connectivity index (χ1n) is 7.85. The largest absolute Gasteiger partial charge is 0.441 e. The van der Waals surface area contributed by atoms with E-state index in [0.29, 0.717) is 11.9 Å². The Kier molecular flexibility index (Phi) is 4.70. The molecule has 1 saturated heterocycles. The lowest BCUT2D eigenvalue weighted by Gasteiger charge is -2.36. The van der Waals surface area contributed by atoms with E-state index in [9.17, 15) is 9.18 Å². The molecule has 1 aromatic heterocycles.